The molecule has 0 aliphatic rings. The van der Waals surface area contributed by atoms with Crippen LogP contribution in [0.3, 0.4) is 0 Å². The third-order valence-electron chi connectivity index (χ3n) is 2.87. The van der Waals surface area contributed by atoms with E-state index in [1.54, 1.807) is 0 Å². The van der Waals surface area contributed by atoms with Crippen molar-refractivity contribution in [3.05, 3.63) is 11.3 Å². The summed E-state index contributed by atoms with van der Waals surface area (Å²) >= 11 is 1.35. The highest BCUT2D eigenvalue weighted by molar-refractivity contribution is 7.10. The molecule has 0 bridgehead atoms. The Morgan fingerprint density at radius 1 is 1.50 bits per heavy atom. The van der Waals surface area contributed by atoms with Crippen LogP contribution in [0.4, 0.5) is 5.00 Å². The van der Waals surface area contributed by atoms with E-state index < -0.39 is 0 Å². The Bertz CT molecular complexity index is 401. The molecule has 1 aromatic heterocycles. The van der Waals surface area contributed by atoms with Crippen molar-refractivity contribution in [2.24, 2.45) is 0 Å². The fourth-order valence-corrected chi connectivity index (χ4v) is 1.82. The van der Waals surface area contributed by atoms with Gasteiger partial charge in [0, 0.05) is 12.1 Å². The molecule has 16 heavy (non-hydrogen) atoms. The number of aromatic nitrogens is 1. The lowest BCUT2D eigenvalue weighted by Gasteiger charge is -2.32. The molecule has 0 spiro atoms. The molecule has 1 N–H and O–H groups in total. The number of nitriles is 1. The van der Waals surface area contributed by atoms with Crippen LogP contribution in [0.1, 0.15) is 25.1 Å². The van der Waals surface area contributed by atoms with Gasteiger partial charge in [-0.3, -0.25) is 0 Å². The lowest BCUT2D eigenvalue weighted by atomic mass is 10.0. The normalized spacial score (nSPS) is 11.6. The number of nitrogens with zero attached hydrogens (tertiary/aromatic N) is 3. The Morgan fingerprint density at radius 3 is 2.62 bits per heavy atom. The minimum Gasteiger partial charge on any atom is -0.373 e. The summed E-state index contributed by atoms with van der Waals surface area (Å²) in [5.41, 5.74) is 1.52. The number of aryl methyl sites for hydroxylation is 1. The second-order valence-electron chi connectivity index (χ2n) is 4.64. The maximum absolute atomic E-state index is 8.99. The van der Waals surface area contributed by atoms with Crippen molar-refractivity contribution in [3.8, 4) is 6.07 Å². The summed E-state index contributed by atoms with van der Waals surface area (Å²) in [5, 5.41) is 13.2. The van der Waals surface area contributed by atoms with Crippen LogP contribution >= 0.6 is 11.5 Å². The van der Waals surface area contributed by atoms with Crippen LogP contribution in [0.5, 0.6) is 0 Å². The van der Waals surface area contributed by atoms with E-state index in [-0.39, 0.29) is 5.54 Å². The van der Waals surface area contributed by atoms with Gasteiger partial charge in [-0.2, -0.15) is 9.64 Å². The lowest BCUT2D eigenvalue weighted by Crippen LogP contribution is -2.44. The SMILES string of the molecule is Cc1nsc(NCC(C)(C)N(C)C)c1C#N. The first-order chi connectivity index (χ1) is 7.38. The minimum atomic E-state index is 0.0463. The molecule has 0 amide bonds. The van der Waals surface area contributed by atoms with E-state index in [2.05, 4.69) is 34.5 Å². The van der Waals surface area contributed by atoms with Crippen LogP contribution < -0.4 is 5.32 Å². The molecule has 0 aromatic carbocycles. The van der Waals surface area contributed by atoms with E-state index >= 15 is 0 Å². The third-order valence-corrected chi connectivity index (χ3v) is 3.76. The van der Waals surface area contributed by atoms with Crippen molar-refractivity contribution >= 4 is 16.5 Å². The van der Waals surface area contributed by atoms with Crippen molar-refractivity contribution in [2.45, 2.75) is 26.3 Å². The van der Waals surface area contributed by atoms with Crippen molar-refractivity contribution in [2.75, 3.05) is 26.0 Å². The van der Waals surface area contributed by atoms with E-state index in [0.717, 1.165) is 17.2 Å². The van der Waals surface area contributed by atoms with Crippen molar-refractivity contribution < 1.29 is 0 Å². The van der Waals surface area contributed by atoms with Gasteiger partial charge in [-0.05, 0) is 46.4 Å². The van der Waals surface area contributed by atoms with Crippen LogP contribution in [0.25, 0.3) is 0 Å². The van der Waals surface area contributed by atoms with Gasteiger partial charge in [0.2, 0.25) is 0 Å². The molecular formula is C11H18N4S. The monoisotopic (exact) mass is 238 g/mol. The van der Waals surface area contributed by atoms with Gasteiger partial charge in [0.05, 0.1) is 5.69 Å². The summed E-state index contributed by atoms with van der Waals surface area (Å²) in [5.74, 6) is 0. The van der Waals surface area contributed by atoms with Gasteiger partial charge in [0.15, 0.2) is 0 Å². The predicted molar refractivity (Wildman–Crippen MR) is 67.8 cm³/mol. The molecule has 5 heteroatoms. The van der Waals surface area contributed by atoms with Crippen LogP contribution in [0.2, 0.25) is 0 Å². The van der Waals surface area contributed by atoms with Gasteiger partial charge in [0.1, 0.15) is 16.6 Å². The topological polar surface area (TPSA) is 52.0 Å². The Morgan fingerprint density at radius 2 is 2.12 bits per heavy atom. The molecule has 1 rings (SSSR count). The smallest absolute Gasteiger partial charge is 0.127 e. The number of likely N-dealkylation sites (N-methyl/N-ethyl adjacent to an activating group) is 1. The van der Waals surface area contributed by atoms with Crippen molar-refractivity contribution in [1.82, 2.24) is 9.27 Å². The Balaban J connectivity index is 2.73. The second kappa shape index (κ2) is 4.81. The summed E-state index contributed by atoms with van der Waals surface area (Å²) in [6.45, 7) is 6.95. The first-order valence-electron chi connectivity index (χ1n) is 5.16. The highest BCUT2D eigenvalue weighted by atomic mass is 32.1. The van der Waals surface area contributed by atoms with Crippen LogP contribution in [0, 0.1) is 18.3 Å². The molecule has 0 aliphatic heterocycles. The fraction of sp³-hybridized carbons (Fsp3) is 0.636. The maximum Gasteiger partial charge on any atom is 0.127 e. The third kappa shape index (κ3) is 2.71. The predicted octanol–water partition coefficient (Wildman–Crippen LogP) is 2.08. The molecule has 0 unspecified atom stereocenters. The molecule has 1 aromatic rings. The second-order valence-corrected chi connectivity index (χ2v) is 5.42. The Kier molecular flexibility index (Phi) is 3.89. The van der Waals surface area contributed by atoms with E-state index in [4.69, 9.17) is 5.26 Å². The molecule has 0 fully saturated rings. The molecule has 0 radical (unpaired) electrons. The molecule has 88 valence electrons. The Labute approximate surface area is 101 Å². The van der Waals surface area contributed by atoms with E-state index in [9.17, 15) is 0 Å². The fourth-order valence-electron chi connectivity index (χ4n) is 1.08. The van der Waals surface area contributed by atoms with Crippen LogP contribution in [0.15, 0.2) is 0 Å². The molecule has 0 aliphatic carbocycles. The quantitative estimate of drug-likeness (QED) is 0.872. The summed E-state index contributed by atoms with van der Waals surface area (Å²) in [6, 6.07) is 2.18. The molecule has 0 atom stereocenters. The van der Waals surface area contributed by atoms with E-state index in [0.29, 0.717) is 5.56 Å². The van der Waals surface area contributed by atoms with Gasteiger partial charge < -0.3 is 10.2 Å². The zero-order valence-corrected chi connectivity index (χ0v) is 11.3. The number of rotatable bonds is 4. The number of hydrogen-bond donors (Lipinski definition) is 1. The van der Waals surface area contributed by atoms with E-state index in [1.807, 2.05) is 21.0 Å². The van der Waals surface area contributed by atoms with Crippen molar-refractivity contribution in [3.63, 3.8) is 0 Å². The molecule has 0 saturated heterocycles. The molecule has 4 nitrogen and oxygen atoms in total. The minimum absolute atomic E-state index is 0.0463. The summed E-state index contributed by atoms with van der Waals surface area (Å²) in [6.07, 6.45) is 0. The molecular weight excluding hydrogens is 220 g/mol. The van der Waals surface area contributed by atoms with Gasteiger partial charge in [0.25, 0.3) is 0 Å². The zero-order chi connectivity index (χ0) is 12.3. The van der Waals surface area contributed by atoms with Gasteiger partial charge in [-0.25, -0.2) is 0 Å². The molecule has 0 saturated carbocycles. The zero-order valence-electron chi connectivity index (χ0n) is 10.5. The summed E-state index contributed by atoms with van der Waals surface area (Å²) in [4.78, 5) is 2.15. The summed E-state index contributed by atoms with van der Waals surface area (Å²) in [7, 11) is 4.09. The number of anilines is 1. The Hall–Kier alpha value is -1.12. The van der Waals surface area contributed by atoms with Crippen LogP contribution in [-0.4, -0.2) is 35.5 Å². The first kappa shape index (κ1) is 12.9. The van der Waals surface area contributed by atoms with Gasteiger partial charge in [-0.15, -0.1) is 0 Å². The average molecular weight is 238 g/mol. The van der Waals surface area contributed by atoms with E-state index in [1.165, 1.54) is 11.5 Å². The largest absolute Gasteiger partial charge is 0.373 e. The van der Waals surface area contributed by atoms with Crippen molar-refractivity contribution in [1.29, 1.82) is 5.26 Å². The average Bonchev–Trinajstić information content (AvgIpc) is 2.56. The van der Waals surface area contributed by atoms with Crippen LogP contribution in [-0.2, 0) is 0 Å². The number of nitrogens with one attached hydrogen (secondary N) is 1. The lowest BCUT2D eigenvalue weighted by molar-refractivity contribution is 0.210. The molecule has 1 heterocycles. The summed E-state index contributed by atoms with van der Waals surface area (Å²) < 4.78 is 4.18. The number of hydrogen-bond acceptors (Lipinski definition) is 5. The highest BCUT2D eigenvalue weighted by Gasteiger charge is 2.21. The first-order valence-corrected chi connectivity index (χ1v) is 5.93. The van der Waals surface area contributed by atoms with Gasteiger partial charge in [-0.1, -0.05) is 0 Å². The van der Waals surface area contributed by atoms with Gasteiger partial charge >= 0.3 is 0 Å². The standard InChI is InChI=1S/C11H18N4S/c1-8-9(6-12)10(16-14-8)13-7-11(2,3)15(4)5/h13H,7H2,1-5H3. The highest BCUT2D eigenvalue weighted by Crippen LogP contribution is 2.24. The maximum atomic E-state index is 8.99.